The number of pyridine rings is 2. The molecule has 2 aromatic heterocycles. The van der Waals surface area contributed by atoms with E-state index in [1.807, 2.05) is 50.6 Å². The number of likely N-dealkylation sites (tertiary alicyclic amines) is 1. The third kappa shape index (κ3) is 5.00. The van der Waals surface area contributed by atoms with Gasteiger partial charge in [-0.25, -0.2) is 0 Å². The van der Waals surface area contributed by atoms with Crippen molar-refractivity contribution in [2.24, 2.45) is 5.41 Å². The summed E-state index contributed by atoms with van der Waals surface area (Å²) < 4.78 is 0. The molecule has 31 heavy (non-hydrogen) atoms. The van der Waals surface area contributed by atoms with Gasteiger partial charge in [-0.3, -0.25) is 19.7 Å². The molecule has 0 unspecified atom stereocenters. The van der Waals surface area contributed by atoms with E-state index in [1.54, 1.807) is 6.20 Å². The minimum absolute atomic E-state index is 0.118. The number of rotatable bonds is 7. The van der Waals surface area contributed by atoms with Gasteiger partial charge in [0.15, 0.2) is 0 Å². The van der Waals surface area contributed by atoms with Gasteiger partial charge in [0.25, 0.3) is 0 Å². The van der Waals surface area contributed by atoms with Crippen LogP contribution in [0.25, 0.3) is 11.1 Å². The molecule has 1 amide bonds. The highest BCUT2D eigenvalue weighted by Gasteiger charge is 2.45. The Kier molecular flexibility index (Phi) is 6.42. The topological polar surface area (TPSA) is 58.1 Å². The lowest BCUT2D eigenvalue weighted by Crippen LogP contribution is -2.46. The van der Waals surface area contributed by atoms with Crippen molar-refractivity contribution >= 4 is 5.91 Å². The Hall–Kier alpha value is -3.05. The van der Waals surface area contributed by atoms with Crippen LogP contribution in [0.15, 0.2) is 73.3 Å². The van der Waals surface area contributed by atoms with Crippen molar-refractivity contribution in [1.82, 2.24) is 20.2 Å². The Balaban J connectivity index is 1.62. The van der Waals surface area contributed by atoms with Gasteiger partial charge < -0.3 is 5.32 Å². The number of carbonyl (C=O) groups is 1. The second-order valence-corrected chi connectivity index (χ2v) is 8.80. The van der Waals surface area contributed by atoms with Crippen molar-refractivity contribution in [3.8, 4) is 11.1 Å². The smallest absolute Gasteiger partial charge is 0.228 e. The zero-order valence-electron chi connectivity index (χ0n) is 18.3. The highest BCUT2D eigenvalue weighted by atomic mass is 16.2. The standard InChI is InChI=1S/C26H30N4O/c1-20(2)29-25(31)26(11-15-30(19-26)18-21-9-13-27-14-10-21)16-22-6-3-4-8-24(22)23-7-5-12-28-17-23/h3-10,12-14,17,20H,11,15-16,18-19H2,1-2H3,(H,29,31)/t26-/m0/s1. The van der Waals surface area contributed by atoms with Crippen LogP contribution in [0.4, 0.5) is 0 Å². The first-order valence-corrected chi connectivity index (χ1v) is 11.0. The van der Waals surface area contributed by atoms with Crippen molar-refractivity contribution in [3.63, 3.8) is 0 Å². The normalized spacial score (nSPS) is 18.9. The maximum atomic E-state index is 13.5. The quantitative estimate of drug-likeness (QED) is 0.632. The number of carbonyl (C=O) groups excluding carboxylic acids is 1. The lowest BCUT2D eigenvalue weighted by molar-refractivity contribution is -0.131. The molecule has 1 atom stereocenters. The molecular weight excluding hydrogens is 384 g/mol. The number of benzene rings is 1. The maximum absolute atomic E-state index is 13.5. The van der Waals surface area contributed by atoms with Gasteiger partial charge in [0.2, 0.25) is 5.91 Å². The van der Waals surface area contributed by atoms with Crippen molar-refractivity contribution < 1.29 is 4.79 Å². The first-order valence-electron chi connectivity index (χ1n) is 11.0. The molecule has 1 fully saturated rings. The summed E-state index contributed by atoms with van der Waals surface area (Å²) in [5, 5.41) is 3.20. The number of aromatic nitrogens is 2. The number of hydrogen-bond donors (Lipinski definition) is 1. The summed E-state index contributed by atoms with van der Waals surface area (Å²) in [6.07, 6.45) is 8.89. The summed E-state index contributed by atoms with van der Waals surface area (Å²) in [5.74, 6) is 0.153. The van der Waals surface area contributed by atoms with E-state index in [9.17, 15) is 4.79 Å². The molecule has 1 N–H and O–H groups in total. The molecule has 0 spiro atoms. The van der Waals surface area contributed by atoms with Crippen molar-refractivity contribution in [2.75, 3.05) is 13.1 Å². The molecule has 1 aliphatic heterocycles. The Morgan fingerprint density at radius 2 is 1.87 bits per heavy atom. The highest BCUT2D eigenvalue weighted by Crippen LogP contribution is 2.38. The predicted molar refractivity (Wildman–Crippen MR) is 123 cm³/mol. The SMILES string of the molecule is CC(C)NC(=O)[C@]1(Cc2ccccc2-c2cccnc2)CCN(Cc2ccncc2)C1. The second kappa shape index (κ2) is 9.40. The molecule has 5 nitrogen and oxygen atoms in total. The van der Waals surface area contributed by atoms with E-state index in [4.69, 9.17) is 0 Å². The van der Waals surface area contributed by atoms with Crippen LogP contribution in [0.1, 0.15) is 31.4 Å². The average Bonchev–Trinajstić information content (AvgIpc) is 3.19. The van der Waals surface area contributed by atoms with Crippen molar-refractivity contribution in [1.29, 1.82) is 0 Å². The van der Waals surface area contributed by atoms with Crippen LogP contribution < -0.4 is 5.32 Å². The van der Waals surface area contributed by atoms with E-state index in [2.05, 4.69) is 50.5 Å². The van der Waals surface area contributed by atoms with Gasteiger partial charge in [0.05, 0.1) is 5.41 Å². The van der Waals surface area contributed by atoms with Crippen LogP contribution in [0.2, 0.25) is 0 Å². The molecule has 160 valence electrons. The molecule has 4 rings (SSSR count). The molecule has 3 aromatic rings. The molecule has 0 radical (unpaired) electrons. The van der Waals surface area contributed by atoms with E-state index < -0.39 is 5.41 Å². The van der Waals surface area contributed by atoms with E-state index in [0.29, 0.717) is 6.42 Å². The van der Waals surface area contributed by atoms with Crippen LogP contribution in [0.3, 0.4) is 0 Å². The van der Waals surface area contributed by atoms with Crippen LogP contribution in [-0.2, 0) is 17.8 Å². The Bertz CT molecular complexity index is 1010. The Labute approximate surface area is 184 Å². The molecule has 3 heterocycles. The molecule has 1 saturated heterocycles. The second-order valence-electron chi connectivity index (χ2n) is 8.80. The summed E-state index contributed by atoms with van der Waals surface area (Å²) in [5.41, 5.74) is 4.21. The summed E-state index contributed by atoms with van der Waals surface area (Å²) in [7, 11) is 0. The molecule has 0 aliphatic carbocycles. The maximum Gasteiger partial charge on any atom is 0.228 e. The first kappa shape index (κ1) is 21.2. The zero-order chi connectivity index (χ0) is 21.7. The predicted octanol–water partition coefficient (Wildman–Crippen LogP) is 4.10. The monoisotopic (exact) mass is 414 g/mol. The van der Waals surface area contributed by atoms with Crippen LogP contribution in [0, 0.1) is 5.41 Å². The Morgan fingerprint density at radius 3 is 2.61 bits per heavy atom. The average molecular weight is 415 g/mol. The van der Waals surface area contributed by atoms with E-state index >= 15 is 0 Å². The summed E-state index contributed by atoms with van der Waals surface area (Å²) in [6.45, 7) is 6.54. The molecule has 0 saturated carbocycles. The third-order valence-electron chi connectivity index (χ3n) is 6.01. The summed E-state index contributed by atoms with van der Waals surface area (Å²) in [4.78, 5) is 24.3. The summed E-state index contributed by atoms with van der Waals surface area (Å²) >= 11 is 0. The van der Waals surface area contributed by atoms with Crippen LogP contribution >= 0.6 is 0 Å². The number of hydrogen-bond acceptors (Lipinski definition) is 4. The summed E-state index contributed by atoms with van der Waals surface area (Å²) in [6, 6.07) is 16.6. The van der Waals surface area contributed by atoms with Gasteiger partial charge in [-0.1, -0.05) is 30.3 Å². The van der Waals surface area contributed by atoms with Gasteiger partial charge in [-0.15, -0.1) is 0 Å². The first-order chi connectivity index (χ1) is 15.1. The van der Waals surface area contributed by atoms with Gasteiger partial charge in [0.1, 0.15) is 0 Å². The number of nitrogens with zero attached hydrogens (tertiary/aromatic N) is 3. The number of amides is 1. The molecule has 1 aliphatic rings. The highest BCUT2D eigenvalue weighted by molar-refractivity contribution is 5.84. The van der Waals surface area contributed by atoms with Crippen LogP contribution in [0.5, 0.6) is 0 Å². The minimum Gasteiger partial charge on any atom is -0.353 e. The van der Waals surface area contributed by atoms with E-state index in [1.165, 1.54) is 11.1 Å². The lowest BCUT2D eigenvalue weighted by Gasteiger charge is -2.30. The fraction of sp³-hybridized carbons (Fsp3) is 0.346. The fourth-order valence-corrected chi connectivity index (χ4v) is 4.51. The number of nitrogens with one attached hydrogen (secondary N) is 1. The molecule has 5 heteroatoms. The zero-order valence-corrected chi connectivity index (χ0v) is 18.3. The third-order valence-corrected chi connectivity index (χ3v) is 6.01. The minimum atomic E-state index is -0.449. The van der Waals surface area contributed by atoms with E-state index in [-0.39, 0.29) is 11.9 Å². The molecule has 1 aromatic carbocycles. The van der Waals surface area contributed by atoms with Crippen LogP contribution in [-0.4, -0.2) is 39.9 Å². The van der Waals surface area contributed by atoms with Crippen molar-refractivity contribution in [3.05, 3.63) is 84.4 Å². The van der Waals surface area contributed by atoms with Gasteiger partial charge >= 0.3 is 0 Å². The van der Waals surface area contributed by atoms with Gasteiger partial charge in [0, 0.05) is 49.5 Å². The molecular formula is C26H30N4O. The van der Waals surface area contributed by atoms with Crippen molar-refractivity contribution in [2.45, 2.75) is 39.3 Å². The van der Waals surface area contributed by atoms with Gasteiger partial charge in [-0.05, 0) is 68.1 Å². The fourth-order valence-electron chi connectivity index (χ4n) is 4.51. The lowest BCUT2D eigenvalue weighted by atomic mass is 9.78. The van der Waals surface area contributed by atoms with Gasteiger partial charge in [-0.2, -0.15) is 0 Å². The largest absolute Gasteiger partial charge is 0.353 e. The molecule has 0 bridgehead atoms. The Morgan fingerprint density at radius 1 is 1.06 bits per heavy atom. The van der Waals surface area contributed by atoms with E-state index in [0.717, 1.165) is 37.2 Å².